The van der Waals surface area contributed by atoms with E-state index < -0.39 is 36.4 Å². The van der Waals surface area contributed by atoms with E-state index >= 15 is 0 Å². The van der Waals surface area contributed by atoms with E-state index in [1.807, 2.05) is 0 Å². The van der Waals surface area contributed by atoms with E-state index in [0.29, 0.717) is 0 Å². The summed E-state index contributed by atoms with van der Waals surface area (Å²) >= 11 is 0. The molecular weight excluding hydrogens is 192 g/mol. The number of hydrogen-bond donors (Lipinski definition) is 3. The molecule has 0 radical (unpaired) electrons. The fraction of sp³-hybridized carbons (Fsp3) is 0.571. The quantitative estimate of drug-likeness (QED) is 0.363. The smallest absolute Gasteiger partial charge is 0.330 e. The van der Waals surface area contributed by atoms with Gasteiger partial charge in [0, 0.05) is 0 Å². The second-order valence-electron chi connectivity index (χ2n) is 2.73. The second kappa shape index (κ2) is 5.30. The lowest BCUT2D eigenvalue weighted by Gasteiger charge is -2.07. The molecule has 0 saturated heterocycles. The Kier molecular flexibility index (Phi) is 4.74. The fourth-order valence-corrected chi connectivity index (χ4v) is 0.514. The number of hydrogen-bond acceptors (Lipinski definition) is 6. The van der Waals surface area contributed by atoms with E-state index in [4.69, 9.17) is 16.6 Å². The summed E-state index contributed by atoms with van der Waals surface area (Å²) in [6.07, 6.45) is -0.562. The molecule has 0 aromatic heterocycles. The molecule has 0 aliphatic carbocycles. The van der Waals surface area contributed by atoms with Gasteiger partial charge in [0.05, 0.1) is 6.42 Å². The molecule has 0 spiro atoms. The topological polar surface area (TPSA) is 133 Å². The summed E-state index contributed by atoms with van der Waals surface area (Å²) in [5.74, 6) is -3.25. The first-order valence-corrected chi connectivity index (χ1v) is 3.83. The molecule has 7 heteroatoms. The molecule has 0 saturated carbocycles. The maximum Gasteiger partial charge on any atom is 0.330 e. The van der Waals surface area contributed by atoms with E-state index in [1.54, 1.807) is 0 Å². The molecule has 0 bridgehead atoms. The maximum absolute atomic E-state index is 10.8. The van der Waals surface area contributed by atoms with Crippen molar-refractivity contribution in [1.29, 1.82) is 0 Å². The summed E-state index contributed by atoms with van der Waals surface area (Å²) in [6, 6.07) is -2.30. The van der Waals surface area contributed by atoms with Crippen molar-refractivity contribution in [2.24, 2.45) is 11.5 Å². The summed E-state index contributed by atoms with van der Waals surface area (Å²) in [5, 5.41) is 8.33. The van der Waals surface area contributed by atoms with Crippen molar-refractivity contribution >= 4 is 17.9 Å². The minimum atomic E-state index is -1.37. The summed E-state index contributed by atoms with van der Waals surface area (Å²) in [7, 11) is 0. The molecule has 2 atom stereocenters. The molecule has 0 unspecified atom stereocenters. The van der Waals surface area contributed by atoms with Crippen molar-refractivity contribution < 1.29 is 24.2 Å². The Morgan fingerprint density at radius 2 is 1.86 bits per heavy atom. The van der Waals surface area contributed by atoms with Crippen LogP contribution in [0.15, 0.2) is 0 Å². The largest absolute Gasteiger partial charge is 0.480 e. The van der Waals surface area contributed by atoms with Crippen LogP contribution in [0.1, 0.15) is 13.3 Å². The zero-order valence-electron chi connectivity index (χ0n) is 7.60. The minimum Gasteiger partial charge on any atom is -0.480 e. The summed E-state index contributed by atoms with van der Waals surface area (Å²) in [6.45, 7) is 1.34. The van der Waals surface area contributed by atoms with Crippen LogP contribution < -0.4 is 11.5 Å². The van der Waals surface area contributed by atoms with Gasteiger partial charge in [-0.2, -0.15) is 0 Å². The Morgan fingerprint density at radius 1 is 1.36 bits per heavy atom. The van der Waals surface area contributed by atoms with Crippen LogP contribution in [0, 0.1) is 0 Å². The van der Waals surface area contributed by atoms with Gasteiger partial charge in [-0.3, -0.25) is 9.59 Å². The Balaban J connectivity index is 3.99. The molecule has 0 aliphatic rings. The van der Waals surface area contributed by atoms with E-state index in [9.17, 15) is 14.4 Å². The molecule has 0 aromatic carbocycles. The van der Waals surface area contributed by atoms with Crippen LogP contribution in [0.2, 0.25) is 0 Å². The van der Waals surface area contributed by atoms with Crippen LogP contribution in [0.5, 0.6) is 0 Å². The molecule has 0 amide bonds. The lowest BCUT2D eigenvalue weighted by Crippen LogP contribution is -2.36. The van der Waals surface area contributed by atoms with Gasteiger partial charge in [-0.1, -0.05) is 0 Å². The van der Waals surface area contributed by atoms with Crippen molar-refractivity contribution in [1.82, 2.24) is 0 Å². The van der Waals surface area contributed by atoms with Gasteiger partial charge in [0.2, 0.25) is 0 Å². The molecule has 14 heavy (non-hydrogen) atoms. The van der Waals surface area contributed by atoms with E-state index in [-0.39, 0.29) is 0 Å². The Morgan fingerprint density at radius 3 is 2.21 bits per heavy atom. The molecule has 7 nitrogen and oxygen atoms in total. The Bertz CT molecular complexity index is 250. The molecule has 5 N–H and O–H groups in total. The minimum absolute atomic E-state index is 0.562. The number of carboxylic acids is 1. The highest BCUT2D eigenvalue weighted by Crippen LogP contribution is 1.94. The number of esters is 2. The molecule has 0 fully saturated rings. The number of rotatable bonds is 4. The first kappa shape index (κ1) is 12.5. The first-order valence-electron chi connectivity index (χ1n) is 3.83. The van der Waals surface area contributed by atoms with Crippen LogP contribution in [0.25, 0.3) is 0 Å². The molecule has 0 heterocycles. The monoisotopic (exact) mass is 204 g/mol. The highest BCUT2D eigenvalue weighted by molar-refractivity contribution is 5.90. The van der Waals surface area contributed by atoms with Crippen molar-refractivity contribution in [2.45, 2.75) is 25.4 Å². The average molecular weight is 204 g/mol. The third kappa shape index (κ3) is 4.53. The second-order valence-corrected chi connectivity index (χ2v) is 2.73. The summed E-state index contributed by atoms with van der Waals surface area (Å²) in [5.41, 5.74) is 10.1. The summed E-state index contributed by atoms with van der Waals surface area (Å²) in [4.78, 5) is 31.8. The Hall–Kier alpha value is -1.47. The van der Waals surface area contributed by atoms with Gasteiger partial charge >= 0.3 is 17.9 Å². The van der Waals surface area contributed by atoms with Gasteiger partial charge in [-0.25, -0.2) is 4.79 Å². The van der Waals surface area contributed by atoms with Crippen molar-refractivity contribution in [3.05, 3.63) is 0 Å². The SMILES string of the molecule is C[C@@H](N)C(=O)OC(=O)C[C@H](N)C(=O)O. The van der Waals surface area contributed by atoms with Crippen LogP contribution >= 0.6 is 0 Å². The number of carbonyl (C=O) groups is 3. The van der Waals surface area contributed by atoms with Crippen molar-refractivity contribution in [3.63, 3.8) is 0 Å². The zero-order chi connectivity index (χ0) is 11.3. The van der Waals surface area contributed by atoms with Gasteiger partial charge in [-0.15, -0.1) is 0 Å². The van der Waals surface area contributed by atoms with Crippen LogP contribution in [0.3, 0.4) is 0 Å². The van der Waals surface area contributed by atoms with Crippen LogP contribution in [-0.2, 0) is 19.1 Å². The maximum atomic E-state index is 10.8. The fourth-order valence-electron chi connectivity index (χ4n) is 0.514. The third-order valence-electron chi connectivity index (χ3n) is 1.29. The normalized spacial score (nSPS) is 14.2. The van der Waals surface area contributed by atoms with Gasteiger partial charge in [0.1, 0.15) is 12.1 Å². The van der Waals surface area contributed by atoms with E-state index in [2.05, 4.69) is 4.74 Å². The molecule has 0 aliphatic heterocycles. The first-order chi connectivity index (χ1) is 6.34. The molecule has 0 aromatic rings. The Labute approximate surface area is 80.0 Å². The number of carbonyl (C=O) groups excluding carboxylic acids is 2. The molecule has 0 rings (SSSR count). The van der Waals surface area contributed by atoms with Gasteiger partial charge in [-0.05, 0) is 6.92 Å². The van der Waals surface area contributed by atoms with Crippen LogP contribution in [-0.4, -0.2) is 35.1 Å². The number of aliphatic carboxylic acids is 1. The molecule has 80 valence electrons. The van der Waals surface area contributed by atoms with Crippen molar-refractivity contribution in [3.8, 4) is 0 Å². The molecular formula is C7H12N2O5. The van der Waals surface area contributed by atoms with Gasteiger partial charge in [0.25, 0.3) is 0 Å². The van der Waals surface area contributed by atoms with Crippen LogP contribution in [0.4, 0.5) is 0 Å². The highest BCUT2D eigenvalue weighted by atomic mass is 16.6. The van der Waals surface area contributed by atoms with Crippen molar-refractivity contribution in [2.75, 3.05) is 0 Å². The third-order valence-corrected chi connectivity index (χ3v) is 1.29. The lowest BCUT2D eigenvalue weighted by molar-refractivity contribution is -0.162. The number of carboxylic acid groups (broad SMARTS) is 1. The van der Waals surface area contributed by atoms with E-state index in [1.165, 1.54) is 6.92 Å². The standard InChI is InChI=1S/C7H12N2O5/c1-3(8)7(13)14-5(10)2-4(9)6(11)12/h3-4H,2,8-9H2,1H3,(H,11,12)/t3-,4+/m1/s1. The number of ether oxygens (including phenoxy) is 1. The predicted molar refractivity (Wildman–Crippen MR) is 45.0 cm³/mol. The number of nitrogens with two attached hydrogens (primary N) is 2. The van der Waals surface area contributed by atoms with Gasteiger partial charge in [0.15, 0.2) is 0 Å². The predicted octanol–water partition coefficient (Wildman–Crippen LogP) is -1.79. The van der Waals surface area contributed by atoms with E-state index in [0.717, 1.165) is 0 Å². The van der Waals surface area contributed by atoms with Gasteiger partial charge < -0.3 is 21.3 Å². The zero-order valence-corrected chi connectivity index (χ0v) is 7.60. The lowest BCUT2D eigenvalue weighted by atomic mass is 10.2. The highest BCUT2D eigenvalue weighted by Gasteiger charge is 2.20. The summed E-state index contributed by atoms with van der Waals surface area (Å²) < 4.78 is 4.19. The average Bonchev–Trinajstić information content (AvgIpc) is 2.03.